The minimum absolute atomic E-state index is 0.506. The number of anilines is 1. The molecule has 0 spiro atoms. The van der Waals surface area contributed by atoms with Gasteiger partial charge in [-0.15, -0.1) is 0 Å². The van der Waals surface area contributed by atoms with Crippen molar-refractivity contribution in [3.05, 3.63) is 22.6 Å². The number of nitrogens with zero attached hydrogens (tertiary/aromatic N) is 4. The zero-order valence-electron chi connectivity index (χ0n) is 10.1. The van der Waals surface area contributed by atoms with Gasteiger partial charge in [-0.25, -0.2) is 9.97 Å². The Hall–Kier alpha value is -1.43. The molecule has 2 heterocycles. The molecule has 0 bridgehead atoms. The van der Waals surface area contributed by atoms with Crippen molar-refractivity contribution in [1.29, 1.82) is 0 Å². The van der Waals surface area contributed by atoms with Gasteiger partial charge in [0, 0.05) is 18.7 Å². The third-order valence-electron chi connectivity index (χ3n) is 3.08. The van der Waals surface area contributed by atoms with E-state index in [0.29, 0.717) is 17.6 Å². The van der Waals surface area contributed by atoms with Crippen LogP contribution in [0.3, 0.4) is 0 Å². The predicted octanol–water partition coefficient (Wildman–Crippen LogP) is 2.58. The molecule has 1 fully saturated rings. The van der Waals surface area contributed by atoms with Crippen LogP contribution >= 0.6 is 15.9 Å². The molecule has 0 amide bonds. The molecule has 2 aromatic heterocycles. The molecule has 0 atom stereocenters. The van der Waals surface area contributed by atoms with Gasteiger partial charge in [0.05, 0.1) is 21.9 Å². The van der Waals surface area contributed by atoms with E-state index in [4.69, 9.17) is 5.73 Å². The maximum atomic E-state index is 5.94. The third kappa shape index (κ3) is 2.01. The molecule has 0 unspecified atom stereocenters. The average molecular weight is 308 g/mol. The Kier molecular flexibility index (Phi) is 2.81. The van der Waals surface area contributed by atoms with Crippen LogP contribution in [0, 0.1) is 0 Å². The first-order valence-corrected chi connectivity index (χ1v) is 6.84. The van der Waals surface area contributed by atoms with Crippen molar-refractivity contribution in [3.8, 4) is 11.4 Å². The molecule has 6 heteroatoms. The number of nitrogens with two attached hydrogens (primary N) is 1. The summed E-state index contributed by atoms with van der Waals surface area (Å²) in [6.07, 6.45) is 6.09. The quantitative estimate of drug-likeness (QED) is 0.946. The summed E-state index contributed by atoms with van der Waals surface area (Å²) < 4.78 is 2.70. The molecule has 0 saturated heterocycles. The van der Waals surface area contributed by atoms with Gasteiger partial charge in [-0.1, -0.05) is 0 Å². The van der Waals surface area contributed by atoms with Gasteiger partial charge < -0.3 is 5.73 Å². The van der Waals surface area contributed by atoms with E-state index in [1.54, 1.807) is 6.20 Å². The second-order valence-corrected chi connectivity index (χ2v) is 5.28. The van der Waals surface area contributed by atoms with Crippen LogP contribution in [0.15, 0.2) is 16.9 Å². The second kappa shape index (κ2) is 4.35. The van der Waals surface area contributed by atoms with E-state index in [0.717, 1.165) is 22.3 Å². The first kappa shape index (κ1) is 11.6. The van der Waals surface area contributed by atoms with Gasteiger partial charge in [0.1, 0.15) is 5.82 Å². The predicted molar refractivity (Wildman–Crippen MR) is 73.0 cm³/mol. The summed E-state index contributed by atoms with van der Waals surface area (Å²) in [4.78, 5) is 8.95. The van der Waals surface area contributed by atoms with Crippen LogP contribution < -0.4 is 5.73 Å². The molecule has 0 radical (unpaired) electrons. The molecule has 5 nitrogen and oxygen atoms in total. The first-order valence-electron chi connectivity index (χ1n) is 6.04. The molecule has 1 aliphatic carbocycles. The zero-order chi connectivity index (χ0) is 12.7. The molecule has 3 rings (SSSR count). The molecule has 94 valence electrons. The standard InChI is InChI=1S/C12H14BrN5/c1-2-18-6-8(5-15-18)12-16-10(7-3-4-7)9(13)11(14)17-12/h5-7H,2-4H2,1H3,(H2,14,16,17). The molecular weight excluding hydrogens is 294 g/mol. The zero-order valence-corrected chi connectivity index (χ0v) is 11.7. The van der Waals surface area contributed by atoms with Crippen LogP contribution in [0.4, 0.5) is 5.82 Å². The maximum Gasteiger partial charge on any atom is 0.165 e. The molecule has 18 heavy (non-hydrogen) atoms. The van der Waals surface area contributed by atoms with Gasteiger partial charge in [0.25, 0.3) is 0 Å². The van der Waals surface area contributed by atoms with Crippen LogP contribution in [0.5, 0.6) is 0 Å². The lowest BCUT2D eigenvalue weighted by Crippen LogP contribution is -2.01. The first-order chi connectivity index (χ1) is 8.69. The molecule has 0 aromatic carbocycles. The smallest absolute Gasteiger partial charge is 0.165 e. The van der Waals surface area contributed by atoms with Gasteiger partial charge >= 0.3 is 0 Å². The fourth-order valence-corrected chi connectivity index (χ4v) is 2.39. The second-order valence-electron chi connectivity index (χ2n) is 4.49. The van der Waals surface area contributed by atoms with Crippen LogP contribution in [0.1, 0.15) is 31.4 Å². The number of nitrogen functional groups attached to an aromatic ring is 1. The summed E-state index contributed by atoms with van der Waals surface area (Å²) in [7, 11) is 0. The highest BCUT2D eigenvalue weighted by Gasteiger charge is 2.29. The van der Waals surface area contributed by atoms with Crippen molar-refractivity contribution < 1.29 is 0 Å². The largest absolute Gasteiger partial charge is 0.383 e. The topological polar surface area (TPSA) is 69.6 Å². The SMILES string of the molecule is CCn1cc(-c2nc(N)c(Br)c(C3CC3)n2)cn1. The summed E-state index contributed by atoms with van der Waals surface area (Å²) in [6.45, 7) is 2.88. The molecule has 1 saturated carbocycles. The number of aromatic nitrogens is 4. The minimum atomic E-state index is 0.506. The van der Waals surface area contributed by atoms with E-state index in [1.165, 1.54) is 12.8 Å². The fraction of sp³-hybridized carbons (Fsp3) is 0.417. The third-order valence-corrected chi connectivity index (χ3v) is 3.89. The highest BCUT2D eigenvalue weighted by atomic mass is 79.9. The van der Waals surface area contributed by atoms with Gasteiger partial charge in [-0.05, 0) is 35.7 Å². The van der Waals surface area contributed by atoms with Gasteiger partial charge in [-0.2, -0.15) is 5.10 Å². The van der Waals surface area contributed by atoms with Gasteiger partial charge in [-0.3, -0.25) is 4.68 Å². The number of hydrogen-bond donors (Lipinski definition) is 1. The molecule has 1 aliphatic rings. The highest BCUT2D eigenvalue weighted by molar-refractivity contribution is 9.10. The Morgan fingerprint density at radius 2 is 2.22 bits per heavy atom. The molecular formula is C12H14BrN5. The Morgan fingerprint density at radius 1 is 1.44 bits per heavy atom. The highest BCUT2D eigenvalue weighted by Crippen LogP contribution is 2.43. The number of aryl methyl sites for hydroxylation is 1. The van der Waals surface area contributed by atoms with Gasteiger partial charge in [0.15, 0.2) is 5.82 Å². The molecule has 2 N–H and O–H groups in total. The van der Waals surface area contributed by atoms with E-state index in [-0.39, 0.29) is 0 Å². The summed E-state index contributed by atoms with van der Waals surface area (Å²) in [6, 6.07) is 0. The van der Waals surface area contributed by atoms with E-state index in [1.807, 2.05) is 17.8 Å². The van der Waals surface area contributed by atoms with Crippen molar-refractivity contribution in [3.63, 3.8) is 0 Å². The van der Waals surface area contributed by atoms with E-state index in [2.05, 4.69) is 31.0 Å². The average Bonchev–Trinajstić information content (AvgIpc) is 3.09. The minimum Gasteiger partial charge on any atom is -0.383 e. The van der Waals surface area contributed by atoms with E-state index < -0.39 is 0 Å². The maximum absolute atomic E-state index is 5.94. The van der Waals surface area contributed by atoms with E-state index >= 15 is 0 Å². The normalized spacial score (nSPS) is 15.0. The Balaban J connectivity index is 2.06. The summed E-state index contributed by atoms with van der Waals surface area (Å²) in [5.74, 6) is 1.70. The fourth-order valence-electron chi connectivity index (χ4n) is 1.89. The Bertz CT molecular complexity index is 588. The van der Waals surface area contributed by atoms with Crippen molar-refractivity contribution in [2.24, 2.45) is 0 Å². The molecule has 0 aliphatic heterocycles. The van der Waals surface area contributed by atoms with Crippen LogP contribution in [-0.2, 0) is 6.54 Å². The van der Waals surface area contributed by atoms with E-state index in [9.17, 15) is 0 Å². The van der Waals surface area contributed by atoms with Gasteiger partial charge in [0.2, 0.25) is 0 Å². The number of halogens is 1. The van der Waals surface area contributed by atoms with Crippen LogP contribution in [0.25, 0.3) is 11.4 Å². The lowest BCUT2D eigenvalue weighted by molar-refractivity contribution is 0.660. The monoisotopic (exact) mass is 307 g/mol. The number of rotatable bonds is 3. The summed E-state index contributed by atoms with van der Waals surface area (Å²) in [5, 5.41) is 4.24. The van der Waals surface area contributed by atoms with Crippen LogP contribution in [-0.4, -0.2) is 19.7 Å². The Morgan fingerprint density at radius 3 is 2.83 bits per heavy atom. The lowest BCUT2D eigenvalue weighted by atomic mass is 10.2. The van der Waals surface area contributed by atoms with Crippen molar-refractivity contribution >= 4 is 21.7 Å². The summed E-state index contributed by atoms with van der Waals surface area (Å²) in [5.41, 5.74) is 7.88. The lowest BCUT2D eigenvalue weighted by Gasteiger charge is -2.06. The molecule has 2 aromatic rings. The van der Waals surface area contributed by atoms with Crippen molar-refractivity contribution in [2.45, 2.75) is 32.2 Å². The Labute approximate surface area is 114 Å². The van der Waals surface area contributed by atoms with Crippen molar-refractivity contribution in [2.75, 3.05) is 5.73 Å². The summed E-state index contributed by atoms with van der Waals surface area (Å²) >= 11 is 3.48. The van der Waals surface area contributed by atoms with Crippen LogP contribution in [0.2, 0.25) is 0 Å². The van der Waals surface area contributed by atoms with Crippen molar-refractivity contribution in [1.82, 2.24) is 19.7 Å². The number of hydrogen-bond acceptors (Lipinski definition) is 4.